The molecule has 7 heteroatoms. The van der Waals surface area contributed by atoms with Crippen LogP contribution in [-0.2, 0) is 9.53 Å². The van der Waals surface area contributed by atoms with Crippen LogP contribution in [-0.4, -0.2) is 35.7 Å². The number of hydrogen-bond acceptors (Lipinski definition) is 5. The number of nitrogens with zero attached hydrogens (tertiary/aromatic N) is 2. The van der Waals surface area contributed by atoms with Crippen LogP contribution in [0.2, 0.25) is 0 Å². The SMILES string of the molecule is Cc1cc(NC(=O)C(c2ccccc2)N2CCOC(c3ccc(Br)cc3)C2)no1. The summed E-state index contributed by atoms with van der Waals surface area (Å²) in [6.45, 7) is 3.63. The minimum absolute atomic E-state index is 0.0924. The Balaban J connectivity index is 1.58. The molecule has 1 saturated heterocycles. The van der Waals surface area contributed by atoms with Gasteiger partial charge in [0, 0.05) is 23.6 Å². The third-order valence-electron chi connectivity index (χ3n) is 4.95. The lowest BCUT2D eigenvalue weighted by Gasteiger charge is -2.37. The lowest BCUT2D eigenvalue weighted by molar-refractivity contribution is -0.125. The van der Waals surface area contributed by atoms with Crippen molar-refractivity contribution in [3.8, 4) is 0 Å². The second-order valence-corrected chi connectivity index (χ2v) is 7.95. The number of halogens is 1. The Morgan fingerprint density at radius 1 is 1.21 bits per heavy atom. The summed E-state index contributed by atoms with van der Waals surface area (Å²) in [4.78, 5) is 15.4. The number of anilines is 1. The summed E-state index contributed by atoms with van der Waals surface area (Å²) in [5.74, 6) is 0.936. The van der Waals surface area contributed by atoms with Crippen molar-refractivity contribution in [3.05, 3.63) is 82.0 Å². The van der Waals surface area contributed by atoms with Gasteiger partial charge in [-0.3, -0.25) is 9.69 Å². The number of ether oxygens (including phenoxy) is 1. The van der Waals surface area contributed by atoms with Gasteiger partial charge < -0.3 is 14.6 Å². The van der Waals surface area contributed by atoms with Gasteiger partial charge in [0.25, 0.3) is 0 Å². The Kier molecular flexibility index (Phi) is 6.08. The molecule has 2 unspecified atom stereocenters. The summed E-state index contributed by atoms with van der Waals surface area (Å²) in [7, 11) is 0. The molecule has 1 aliphatic heterocycles. The predicted molar refractivity (Wildman–Crippen MR) is 113 cm³/mol. The van der Waals surface area contributed by atoms with E-state index in [1.54, 1.807) is 13.0 Å². The molecule has 0 saturated carbocycles. The number of benzene rings is 2. The number of amides is 1. The summed E-state index contributed by atoms with van der Waals surface area (Å²) >= 11 is 3.47. The number of carbonyl (C=O) groups excluding carboxylic acids is 1. The van der Waals surface area contributed by atoms with Crippen molar-refractivity contribution in [3.63, 3.8) is 0 Å². The lowest BCUT2D eigenvalue weighted by Crippen LogP contribution is -2.45. The number of carbonyl (C=O) groups is 1. The van der Waals surface area contributed by atoms with Gasteiger partial charge in [-0.15, -0.1) is 0 Å². The summed E-state index contributed by atoms with van der Waals surface area (Å²) < 4.78 is 12.1. The molecule has 4 rings (SSSR count). The average Bonchev–Trinajstić information content (AvgIpc) is 3.14. The second kappa shape index (κ2) is 8.90. The van der Waals surface area contributed by atoms with Crippen LogP contribution in [0.25, 0.3) is 0 Å². The van der Waals surface area contributed by atoms with Crippen molar-refractivity contribution in [1.29, 1.82) is 0 Å². The van der Waals surface area contributed by atoms with E-state index in [9.17, 15) is 4.79 Å². The highest BCUT2D eigenvalue weighted by atomic mass is 79.9. The van der Waals surface area contributed by atoms with Gasteiger partial charge in [-0.25, -0.2) is 0 Å². The first-order valence-electron chi connectivity index (χ1n) is 9.50. The van der Waals surface area contributed by atoms with Gasteiger partial charge in [-0.2, -0.15) is 0 Å². The molecular formula is C22H22BrN3O3. The van der Waals surface area contributed by atoms with E-state index in [0.717, 1.165) is 15.6 Å². The molecular weight excluding hydrogens is 434 g/mol. The lowest BCUT2D eigenvalue weighted by atomic mass is 10.0. The highest BCUT2D eigenvalue weighted by Gasteiger charge is 2.33. The molecule has 6 nitrogen and oxygen atoms in total. The van der Waals surface area contributed by atoms with E-state index in [4.69, 9.17) is 9.26 Å². The third kappa shape index (κ3) is 4.75. The Morgan fingerprint density at radius 3 is 2.66 bits per heavy atom. The van der Waals surface area contributed by atoms with E-state index in [2.05, 4.69) is 31.3 Å². The van der Waals surface area contributed by atoms with Gasteiger partial charge in [-0.1, -0.05) is 63.6 Å². The Morgan fingerprint density at radius 2 is 1.97 bits per heavy atom. The molecule has 1 amide bonds. The van der Waals surface area contributed by atoms with Crippen LogP contribution >= 0.6 is 15.9 Å². The van der Waals surface area contributed by atoms with Crippen molar-refractivity contribution < 1.29 is 14.1 Å². The fourth-order valence-electron chi connectivity index (χ4n) is 3.57. The van der Waals surface area contributed by atoms with E-state index in [-0.39, 0.29) is 12.0 Å². The molecule has 2 aromatic carbocycles. The van der Waals surface area contributed by atoms with E-state index >= 15 is 0 Å². The largest absolute Gasteiger partial charge is 0.371 e. The first kappa shape index (κ1) is 19.8. The zero-order chi connectivity index (χ0) is 20.2. The van der Waals surface area contributed by atoms with Gasteiger partial charge >= 0.3 is 0 Å². The second-order valence-electron chi connectivity index (χ2n) is 7.03. The monoisotopic (exact) mass is 455 g/mol. The number of morpholine rings is 1. The van der Waals surface area contributed by atoms with Crippen LogP contribution in [0.1, 0.15) is 29.0 Å². The molecule has 0 bridgehead atoms. The normalized spacial score (nSPS) is 18.3. The van der Waals surface area contributed by atoms with Crippen molar-refractivity contribution >= 4 is 27.7 Å². The molecule has 2 heterocycles. The number of aromatic nitrogens is 1. The van der Waals surface area contributed by atoms with Crippen molar-refractivity contribution in [2.24, 2.45) is 0 Å². The van der Waals surface area contributed by atoms with E-state index in [1.807, 2.05) is 54.6 Å². The van der Waals surface area contributed by atoms with Gasteiger partial charge in [0.15, 0.2) is 5.82 Å². The molecule has 2 atom stereocenters. The summed E-state index contributed by atoms with van der Waals surface area (Å²) in [5.41, 5.74) is 2.03. The Labute approximate surface area is 178 Å². The highest BCUT2D eigenvalue weighted by molar-refractivity contribution is 9.10. The van der Waals surface area contributed by atoms with Crippen molar-refractivity contribution in [2.75, 3.05) is 25.0 Å². The molecule has 0 spiro atoms. The molecule has 0 radical (unpaired) electrons. The number of hydrogen-bond donors (Lipinski definition) is 1. The predicted octanol–water partition coefficient (Wildman–Crippen LogP) is 4.50. The summed E-state index contributed by atoms with van der Waals surface area (Å²) in [6, 6.07) is 19.2. The average molecular weight is 456 g/mol. The fraction of sp³-hybridized carbons (Fsp3) is 0.273. The number of aryl methyl sites for hydroxylation is 1. The van der Waals surface area contributed by atoms with Gasteiger partial charge in [-0.05, 0) is 30.2 Å². The summed E-state index contributed by atoms with van der Waals surface area (Å²) in [5, 5.41) is 6.78. The van der Waals surface area contributed by atoms with E-state index in [1.165, 1.54) is 0 Å². The molecule has 150 valence electrons. The fourth-order valence-corrected chi connectivity index (χ4v) is 3.83. The zero-order valence-electron chi connectivity index (χ0n) is 16.0. The van der Waals surface area contributed by atoms with Crippen molar-refractivity contribution in [2.45, 2.75) is 19.1 Å². The van der Waals surface area contributed by atoms with Crippen LogP contribution < -0.4 is 5.32 Å². The summed E-state index contributed by atoms with van der Waals surface area (Å²) in [6.07, 6.45) is -0.0924. The van der Waals surface area contributed by atoms with Gasteiger partial charge in [0.05, 0.1) is 12.7 Å². The van der Waals surface area contributed by atoms with E-state index < -0.39 is 6.04 Å². The maximum absolute atomic E-state index is 13.2. The Bertz CT molecular complexity index is 959. The maximum atomic E-state index is 13.2. The molecule has 29 heavy (non-hydrogen) atoms. The quantitative estimate of drug-likeness (QED) is 0.613. The first-order valence-corrected chi connectivity index (χ1v) is 10.3. The minimum atomic E-state index is -0.449. The van der Waals surface area contributed by atoms with Gasteiger partial charge in [0.2, 0.25) is 5.91 Å². The number of rotatable bonds is 5. The minimum Gasteiger partial charge on any atom is -0.371 e. The first-order chi connectivity index (χ1) is 14.1. The smallest absolute Gasteiger partial charge is 0.247 e. The maximum Gasteiger partial charge on any atom is 0.247 e. The molecule has 0 aliphatic carbocycles. The molecule has 3 aromatic rings. The Hall–Kier alpha value is -2.48. The third-order valence-corrected chi connectivity index (χ3v) is 5.48. The van der Waals surface area contributed by atoms with Crippen molar-refractivity contribution in [1.82, 2.24) is 10.1 Å². The van der Waals surface area contributed by atoms with Crippen LogP contribution in [0.5, 0.6) is 0 Å². The topological polar surface area (TPSA) is 67.6 Å². The molecule has 1 aliphatic rings. The molecule has 1 aromatic heterocycles. The van der Waals surface area contributed by atoms with Crippen LogP contribution in [0.4, 0.5) is 5.82 Å². The number of nitrogens with one attached hydrogen (secondary N) is 1. The zero-order valence-corrected chi connectivity index (χ0v) is 17.6. The standard InChI is InChI=1S/C22H22BrN3O3/c1-15-13-20(25-29-15)24-22(27)21(17-5-3-2-4-6-17)26-11-12-28-19(14-26)16-7-9-18(23)10-8-16/h2-10,13,19,21H,11-12,14H2,1H3,(H,24,25,27). The van der Waals surface area contributed by atoms with E-state index in [0.29, 0.717) is 31.3 Å². The highest BCUT2D eigenvalue weighted by Crippen LogP contribution is 2.30. The van der Waals surface area contributed by atoms with Gasteiger partial charge in [0.1, 0.15) is 11.8 Å². The molecule has 1 N–H and O–H groups in total. The molecule has 1 fully saturated rings. The van der Waals surface area contributed by atoms with Crippen LogP contribution in [0, 0.1) is 6.92 Å². The van der Waals surface area contributed by atoms with Crippen LogP contribution in [0.3, 0.4) is 0 Å². The van der Waals surface area contributed by atoms with Crippen LogP contribution in [0.15, 0.2) is 69.7 Å².